The second-order valence-corrected chi connectivity index (χ2v) is 13.4. The molecule has 3 nitrogen and oxygen atoms in total. The van der Waals surface area contributed by atoms with E-state index in [1.54, 1.807) is 30.3 Å². The largest absolute Gasteiger partial charge is 0.416 e. The molecular weight excluding hydrogens is 609 g/mol. The average molecular weight is 650 g/mol. The zero-order valence-corrected chi connectivity index (χ0v) is 26.2. The first-order chi connectivity index (χ1) is 20.3. The normalized spacial score (nSPS) is 12.1. The van der Waals surface area contributed by atoms with Crippen molar-refractivity contribution in [3.63, 3.8) is 0 Å². The van der Waals surface area contributed by atoms with Crippen LogP contribution in [0.4, 0.5) is 26.3 Å². The maximum absolute atomic E-state index is 12.4. The molecule has 0 saturated carbocycles. The van der Waals surface area contributed by atoms with E-state index in [0.29, 0.717) is 10.6 Å². The van der Waals surface area contributed by atoms with Crippen LogP contribution in [-0.2, 0) is 26.7 Å². The molecule has 3 aromatic rings. The number of unbranched alkanes of at least 4 members (excludes halogenated alkanes) is 9. The quantitative estimate of drug-likeness (QED) is 0.0713. The first kappa shape index (κ1) is 36.8. The molecule has 11 heteroatoms. The van der Waals surface area contributed by atoms with Crippen LogP contribution in [0.25, 0.3) is 0 Å². The van der Waals surface area contributed by atoms with Gasteiger partial charge in [0.15, 0.2) is 0 Å². The van der Waals surface area contributed by atoms with E-state index in [4.69, 9.17) is 4.18 Å². The summed E-state index contributed by atoms with van der Waals surface area (Å²) in [5, 5.41) is 1.37. The Labute approximate surface area is 253 Å². The zero-order valence-electron chi connectivity index (χ0n) is 24.3. The van der Waals surface area contributed by atoms with Gasteiger partial charge in [0, 0.05) is 0 Å². The summed E-state index contributed by atoms with van der Waals surface area (Å²) in [4.78, 5) is 0.238. The maximum Gasteiger partial charge on any atom is 0.416 e. The Bertz CT molecular complexity index is 1220. The van der Waals surface area contributed by atoms with Crippen LogP contribution in [0.1, 0.15) is 82.3 Å². The molecule has 0 fully saturated rings. The highest BCUT2D eigenvalue weighted by Crippen LogP contribution is 2.30. The molecule has 0 aliphatic heterocycles. The Balaban J connectivity index is 0.000000300. The van der Waals surface area contributed by atoms with Gasteiger partial charge < -0.3 is 0 Å². The van der Waals surface area contributed by atoms with Gasteiger partial charge in [0.2, 0.25) is 0 Å². The minimum absolute atomic E-state index is 0.238. The summed E-state index contributed by atoms with van der Waals surface area (Å²) in [5.74, 6) is 0. The van der Waals surface area contributed by atoms with Gasteiger partial charge in [0.1, 0.15) is 0 Å². The van der Waals surface area contributed by atoms with E-state index in [1.165, 1.54) is 75.6 Å². The van der Waals surface area contributed by atoms with Crippen LogP contribution in [0.2, 0.25) is 0 Å². The molecule has 0 unspecified atom stereocenters. The third-order valence-corrected chi connectivity index (χ3v) is 9.34. The lowest BCUT2D eigenvalue weighted by Crippen LogP contribution is -2.09. The summed E-state index contributed by atoms with van der Waals surface area (Å²) < 4.78 is 103. The molecule has 0 aliphatic rings. The van der Waals surface area contributed by atoms with Crippen molar-refractivity contribution >= 4 is 29.3 Å². The highest BCUT2D eigenvalue weighted by atomic mass is 32.2. The van der Waals surface area contributed by atoms with Gasteiger partial charge in [-0.1, -0.05) is 82.9 Å². The van der Waals surface area contributed by atoms with Crippen LogP contribution < -0.4 is 10.6 Å². The zero-order chi connectivity index (χ0) is 31.8. The van der Waals surface area contributed by atoms with Crippen LogP contribution in [0.3, 0.4) is 0 Å². The van der Waals surface area contributed by atoms with E-state index in [1.807, 2.05) is 0 Å². The molecule has 3 rings (SSSR count). The number of benzene rings is 3. The van der Waals surface area contributed by atoms with E-state index in [0.717, 1.165) is 37.1 Å². The van der Waals surface area contributed by atoms with Crippen LogP contribution in [0, 0.1) is 0 Å². The van der Waals surface area contributed by atoms with Gasteiger partial charge >= 0.3 is 12.4 Å². The Morgan fingerprint density at radius 3 is 1.37 bits per heavy atom. The summed E-state index contributed by atoms with van der Waals surface area (Å²) in [5.41, 5.74) is -1.48. The van der Waals surface area contributed by atoms with Gasteiger partial charge in [0.25, 0.3) is 10.1 Å². The predicted octanol–water partition coefficient (Wildman–Crippen LogP) is 9.40. The van der Waals surface area contributed by atoms with Crippen LogP contribution in [0.5, 0.6) is 0 Å². The standard InChI is InChI=1S/C18H30O3S.C14H9F6P/c1-2-3-4-5-6-7-8-9-10-14-17-21-22(19,20)18-15-12-11-13-16-18;15-13(16,17)9-1-5-11(6-2-9)21-12-7-3-10(4-8-12)14(18,19)20/h11-13,15-16H,2-10,14,17H2,1H3;1-8,21H/p+1. The van der Waals surface area contributed by atoms with E-state index >= 15 is 0 Å². The SMILES string of the molecule is CCCCCCCCCCCCOS(=O)(=O)c1ccccc1.FC(F)(F)c1ccc([PH2+]c2ccc(C(F)(F)F)cc2)cc1. The minimum atomic E-state index is -4.39. The third-order valence-electron chi connectivity index (χ3n) is 6.58. The van der Waals surface area contributed by atoms with Gasteiger partial charge in [-0.05, 0) is 67.1 Å². The highest BCUT2D eigenvalue weighted by Gasteiger charge is 2.31. The summed E-state index contributed by atoms with van der Waals surface area (Å²) in [7, 11) is -4.11. The van der Waals surface area contributed by atoms with E-state index in [-0.39, 0.29) is 11.5 Å². The molecule has 0 atom stereocenters. The molecule has 3 aromatic carbocycles. The van der Waals surface area contributed by atoms with E-state index < -0.39 is 42.2 Å². The molecule has 0 aliphatic carbocycles. The van der Waals surface area contributed by atoms with Crippen molar-refractivity contribution in [1.29, 1.82) is 0 Å². The van der Waals surface area contributed by atoms with Crippen molar-refractivity contribution in [2.75, 3.05) is 6.61 Å². The van der Waals surface area contributed by atoms with Crippen LogP contribution >= 0.6 is 8.58 Å². The van der Waals surface area contributed by atoms with Crippen LogP contribution in [-0.4, -0.2) is 15.0 Å². The molecule has 0 aromatic heterocycles. The van der Waals surface area contributed by atoms with Crippen molar-refractivity contribution in [2.24, 2.45) is 0 Å². The molecule has 0 spiro atoms. The minimum Gasteiger partial charge on any atom is -0.266 e. The second-order valence-electron chi connectivity index (χ2n) is 10.2. The van der Waals surface area contributed by atoms with E-state index in [9.17, 15) is 34.8 Å². The molecule has 0 saturated heterocycles. The Hall–Kier alpha value is -2.42. The summed E-state index contributed by atoms with van der Waals surface area (Å²) in [6.07, 6.45) is 3.49. The lowest BCUT2D eigenvalue weighted by molar-refractivity contribution is -0.138. The fourth-order valence-electron chi connectivity index (χ4n) is 4.14. The van der Waals surface area contributed by atoms with Gasteiger partial charge in [-0.25, -0.2) is 0 Å². The average Bonchev–Trinajstić information content (AvgIpc) is 2.96. The summed E-state index contributed by atoms with van der Waals surface area (Å²) in [6.45, 7) is 2.52. The fourth-order valence-corrected chi connectivity index (χ4v) is 6.26. The molecule has 0 amide bonds. The number of rotatable bonds is 15. The Morgan fingerprint density at radius 1 is 0.581 bits per heavy atom. The Kier molecular flexibility index (Phi) is 15.7. The molecule has 0 heterocycles. The lowest BCUT2D eigenvalue weighted by Gasteiger charge is -2.06. The molecule has 238 valence electrons. The van der Waals surface area contributed by atoms with Crippen molar-refractivity contribution in [1.82, 2.24) is 0 Å². The fraction of sp³-hybridized carbons (Fsp3) is 0.438. The summed E-state index contributed by atoms with van der Waals surface area (Å²) >= 11 is 0. The van der Waals surface area contributed by atoms with Crippen molar-refractivity contribution in [2.45, 2.75) is 88.4 Å². The van der Waals surface area contributed by atoms with Crippen LogP contribution in [0.15, 0.2) is 83.8 Å². The number of alkyl halides is 6. The number of hydrogen-bond donors (Lipinski definition) is 0. The number of hydrogen-bond acceptors (Lipinski definition) is 3. The molecule has 0 N–H and O–H groups in total. The highest BCUT2D eigenvalue weighted by molar-refractivity contribution is 7.86. The van der Waals surface area contributed by atoms with Gasteiger partial charge in [-0.15, -0.1) is 0 Å². The molecular formula is C32H40F6O3PS+. The third kappa shape index (κ3) is 14.7. The second kappa shape index (κ2) is 18.4. The van der Waals surface area contributed by atoms with Crippen molar-refractivity contribution in [3.05, 3.63) is 90.0 Å². The topological polar surface area (TPSA) is 43.4 Å². The van der Waals surface area contributed by atoms with Gasteiger partial charge in [-0.2, -0.15) is 34.8 Å². The molecule has 0 bridgehead atoms. The van der Waals surface area contributed by atoms with Crippen molar-refractivity contribution in [3.8, 4) is 0 Å². The first-order valence-corrected chi connectivity index (χ1v) is 17.0. The lowest BCUT2D eigenvalue weighted by atomic mass is 10.1. The summed E-state index contributed by atoms with van der Waals surface area (Å²) in [6, 6.07) is 17.7. The van der Waals surface area contributed by atoms with Crippen molar-refractivity contribution < 1.29 is 38.9 Å². The molecule has 43 heavy (non-hydrogen) atoms. The van der Waals surface area contributed by atoms with Gasteiger partial charge in [-0.3, -0.25) is 4.18 Å². The Morgan fingerprint density at radius 2 is 0.977 bits per heavy atom. The smallest absolute Gasteiger partial charge is 0.266 e. The first-order valence-electron chi connectivity index (χ1n) is 14.5. The molecule has 0 radical (unpaired) electrons. The maximum atomic E-state index is 12.4. The predicted molar refractivity (Wildman–Crippen MR) is 163 cm³/mol. The van der Waals surface area contributed by atoms with Gasteiger partial charge in [0.05, 0.1) is 41.8 Å². The monoisotopic (exact) mass is 649 g/mol. The van der Waals surface area contributed by atoms with E-state index in [2.05, 4.69) is 6.92 Å². The number of halogens is 6.